The van der Waals surface area contributed by atoms with Crippen molar-refractivity contribution in [3.05, 3.63) is 41.6 Å². The van der Waals surface area contributed by atoms with Gasteiger partial charge in [-0.15, -0.1) is 0 Å². The molecule has 2 aliphatic rings. The average molecular weight is 335 g/mol. The van der Waals surface area contributed by atoms with Crippen LogP contribution in [-0.2, 0) is 6.54 Å². The van der Waals surface area contributed by atoms with E-state index >= 15 is 0 Å². The highest BCUT2D eigenvalue weighted by molar-refractivity contribution is 5.54. The Hall–Kier alpha value is -2.35. The second-order valence-corrected chi connectivity index (χ2v) is 7.46. The van der Waals surface area contributed by atoms with Crippen LogP contribution in [-0.4, -0.2) is 27.6 Å². The van der Waals surface area contributed by atoms with Gasteiger partial charge in [0, 0.05) is 43.6 Å². The van der Waals surface area contributed by atoms with Crippen LogP contribution in [0.2, 0.25) is 0 Å². The van der Waals surface area contributed by atoms with Crippen LogP contribution >= 0.6 is 0 Å². The molecule has 0 aromatic carbocycles. The van der Waals surface area contributed by atoms with E-state index in [0.717, 1.165) is 49.9 Å². The lowest BCUT2D eigenvalue weighted by atomic mass is 9.85. The minimum absolute atomic E-state index is 0.415. The largest absolute Gasteiger partial charge is 0.355 e. The Labute approximate surface area is 149 Å². The third-order valence-corrected chi connectivity index (χ3v) is 5.65. The number of nitriles is 1. The van der Waals surface area contributed by atoms with E-state index in [4.69, 9.17) is 4.98 Å². The highest BCUT2D eigenvalue weighted by Gasteiger charge is 2.28. The molecular weight excluding hydrogens is 310 g/mol. The molecule has 0 amide bonds. The maximum atomic E-state index is 9.43. The van der Waals surface area contributed by atoms with E-state index in [2.05, 4.69) is 26.7 Å². The van der Waals surface area contributed by atoms with E-state index in [1.54, 1.807) is 0 Å². The molecule has 1 saturated heterocycles. The molecule has 25 heavy (non-hydrogen) atoms. The van der Waals surface area contributed by atoms with Crippen molar-refractivity contribution in [3.63, 3.8) is 0 Å². The molecule has 0 radical (unpaired) electrons. The quantitative estimate of drug-likeness (QED) is 0.856. The second-order valence-electron chi connectivity index (χ2n) is 7.46. The Morgan fingerprint density at radius 1 is 1.24 bits per heavy atom. The standard InChI is InChI=1S/C20H25N5/c1-15-7-8-17(12-21)20(23-15)24-10-3-6-18(14-24)19-22-9-11-25(19)13-16-4-2-5-16/h7-9,11,16,18H,2-6,10,13-14H2,1H3/t18-/m1/s1. The van der Waals surface area contributed by atoms with E-state index < -0.39 is 0 Å². The SMILES string of the molecule is Cc1ccc(C#N)c(N2CCC[C@@H](c3nccn3CC3CCC3)C2)n1. The maximum Gasteiger partial charge on any atom is 0.146 e. The third kappa shape index (κ3) is 3.26. The topological polar surface area (TPSA) is 57.7 Å². The van der Waals surface area contributed by atoms with Crippen LogP contribution in [0.15, 0.2) is 24.5 Å². The first kappa shape index (κ1) is 16.1. The first-order valence-corrected chi connectivity index (χ1v) is 9.38. The van der Waals surface area contributed by atoms with Crippen LogP contribution in [0.5, 0.6) is 0 Å². The molecule has 0 N–H and O–H groups in total. The smallest absolute Gasteiger partial charge is 0.146 e. The molecule has 1 aliphatic heterocycles. The van der Waals surface area contributed by atoms with E-state index in [0.29, 0.717) is 11.5 Å². The molecule has 4 rings (SSSR count). The number of nitrogens with zero attached hydrogens (tertiary/aromatic N) is 5. The Balaban J connectivity index is 1.55. The number of hydrogen-bond donors (Lipinski definition) is 0. The first-order chi connectivity index (χ1) is 12.2. The number of aromatic nitrogens is 3. The molecule has 2 aromatic heterocycles. The predicted octanol–water partition coefficient (Wildman–Crippen LogP) is 3.64. The summed E-state index contributed by atoms with van der Waals surface area (Å²) in [5.41, 5.74) is 1.63. The van der Waals surface area contributed by atoms with E-state index in [1.165, 1.54) is 25.1 Å². The van der Waals surface area contributed by atoms with E-state index in [-0.39, 0.29) is 0 Å². The van der Waals surface area contributed by atoms with Gasteiger partial charge in [0.15, 0.2) is 0 Å². The molecule has 3 heterocycles. The number of aryl methyl sites for hydroxylation is 1. The van der Waals surface area contributed by atoms with Crippen LogP contribution in [0.25, 0.3) is 0 Å². The zero-order chi connectivity index (χ0) is 17.2. The summed E-state index contributed by atoms with van der Waals surface area (Å²) in [5, 5.41) is 9.43. The lowest BCUT2D eigenvalue weighted by Gasteiger charge is -2.34. The van der Waals surface area contributed by atoms with Gasteiger partial charge in [0.2, 0.25) is 0 Å². The summed E-state index contributed by atoms with van der Waals surface area (Å²) in [5.74, 6) is 3.29. The molecule has 130 valence electrons. The minimum atomic E-state index is 0.415. The monoisotopic (exact) mass is 335 g/mol. The Morgan fingerprint density at radius 3 is 2.88 bits per heavy atom. The number of anilines is 1. The molecule has 1 atom stereocenters. The third-order valence-electron chi connectivity index (χ3n) is 5.65. The van der Waals surface area contributed by atoms with Gasteiger partial charge < -0.3 is 9.47 Å². The maximum absolute atomic E-state index is 9.43. The van der Waals surface area contributed by atoms with Crippen LogP contribution in [0, 0.1) is 24.2 Å². The summed E-state index contributed by atoms with van der Waals surface area (Å²) in [6, 6.07) is 6.10. The summed E-state index contributed by atoms with van der Waals surface area (Å²) >= 11 is 0. The van der Waals surface area contributed by atoms with Crippen molar-refractivity contribution < 1.29 is 0 Å². The molecule has 2 aromatic rings. The molecule has 5 nitrogen and oxygen atoms in total. The molecule has 0 bridgehead atoms. The zero-order valence-corrected chi connectivity index (χ0v) is 14.9. The molecule has 2 fully saturated rings. The summed E-state index contributed by atoms with van der Waals surface area (Å²) in [6.07, 6.45) is 10.4. The lowest BCUT2D eigenvalue weighted by molar-refractivity contribution is 0.270. The van der Waals surface area contributed by atoms with Crippen LogP contribution in [0.4, 0.5) is 5.82 Å². The van der Waals surface area contributed by atoms with Crippen molar-refractivity contribution in [2.24, 2.45) is 5.92 Å². The molecule has 1 aliphatic carbocycles. The van der Waals surface area contributed by atoms with Crippen LogP contribution < -0.4 is 4.90 Å². The van der Waals surface area contributed by atoms with Gasteiger partial charge in [-0.3, -0.25) is 0 Å². The van der Waals surface area contributed by atoms with Gasteiger partial charge in [-0.1, -0.05) is 6.42 Å². The summed E-state index contributed by atoms with van der Waals surface area (Å²) < 4.78 is 2.37. The average Bonchev–Trinajstić information content (AvgIpc) is 3.06. The number of hydrogen-bond acceptors (Lipinski definition) is 4. The van der Waals surface area contributed by atoms with Gasteiger partial charge in [-0.05, 0) is 50.7 Å². The van der Waals surface area contributed by atoms with E-state index in [1.807, 2.05) is 25.3 Å². The van der Waals surface area contributed by atoms with Gasteiger partial charge in [-0.25, -0.2) is 9.97 Å². The number of rotatable bonds is 4. The molecule has 5 heteroatoms. The fourth-order valence-corrected chi connectivity index (χ4v) is 4.04. The lowest BCUT2D eigenvalue weighted by Crippen LogP contribution is -2.36. The fourth-order valence-electron chi connectivity index (χ4n) is 4.04. The van der Waals surface area contributed by atoms with Gasteiger partial charge in [0.1, 0.15) is 17.7 Å². The number of imidazole rings is 1. The molecule has 0 spiro atoms. The number of piperidine rings is 1. The van der Waals surface area contributed by atoms with Crippen molar-refractivity contribution in [2.45, 2.75) is 51.5 Å². The van der Waals surface area contributed by atoms with Gasteiger partial charge in [-0.2, -0.15) is 5.26 Å². The van der Waals surface area contributed by atoms with E-state index in [9.17, 15) is 5.26 Å². The van der Waals surface area contributed by atoms with Crippen molar-refractivity contribution in [2.75, 3.05) is 18.0 Å². The Bertz CT molecular complexity index is 784. The van der Waals surface area contributed by atoms with Gasteiger partial charge >= 0.3 is 0 Å². The second kappa shape index (κ2) is 6.87. The van der Waals surface area contributed by atoms with Crippen LogP contribution in [0.1, 0.15) is 55.1 Å². The van der Waals surface area contributed by atoms with Crippen molar-refractivity contribution in [1.82, 2.24) is 14.5 Å². The van der Waals surface area contributed by atoms with Gasteiger partial charge in [0.05, 0.1) is 5.56 Å². The highest BCUT2D eigenvalue weighted by atomic mass is 15.2. The first-order valence-electron chi connectivity index (χ1n) is 9.38. The van der Waals surface area contributed by atoms with Crippen molar-refractivity contribution in [3.8, 4) is 6.07 Å². The Kier molecular flexibility index (Phi) is 4.44. The zero-order valence-electron chi connectivity index (χ0n) is 14.9. The summed E-state index contributed by atoms with van der Waals surface area (Å²) in [6.45, 7) is 4.95. The fraction of sp³-hybridized carbons (Fsp3) is 0.550. The minimum Gasteiger partial charge on any atom is -0.355 e. The molecule has 1 saturated carbocycles. The number of pyridine rings is 1. The van der Waals surface area contributed by atoms with Crippen molar-refractivity contribution >= 4 is 5.82 Å². The molecular formula is C20H25N5. The normalized spacial score (nSPS) is 21.0. The summed E-state index contributed by atoms with van der Waals surface area (Å²) in [4.78, 5) is 11.6. The van der Waals surface area contributed by atoms with Crippen LogP contribution in [0.3, 0.4) is 0 Å². The van der Waals surface area contributed by atoms with Gasteiger partial charge in [0.25, 0.3) is 0 Å². The predicted molar refractivity (Wildman–Crippen MR) is 97.4 cm³/mol. The van der Waals surface area contributed by atoms with Crippen molar-refractivity contribution in [1.29, 1.82) is 5.26 Å². The molecule has 0 unspecified atom stereocenters. The highest BCUT2D eigenvalue weighted by Crippen LogP contribution is 2.32. The summed E-state index contributed by atoms with van der Waals surface area (Å²) in [7, 11) is 0. The Morgan fingerprint density at radius 2 is 2.12 bits per heavy atom.